The second-order valence-electron chi connectivity index (χ2n) is 6.44. The van der Waals surface area contributed by atoms with Crippen LogP contribution in [0.15, 0.2) is 71.7 Å². The van der Waals surface area contributed by atoms with Crippen molar-refractivity contribution in [1.82, 2.24) is 9.88 Å². The number of hydrogen-bond donors (Lipinski definition) is 1. The monoisotopic (exact) mass is 362 g/mol. The second-order valence-corrected chi connectivity index (χ2v) is 6.44. The van der Waals surface area contributed by atoms with E-state index in [1.165, 1.54) is 11.6 Å². The summed E-state index contributed by atoms with van der Waals surface area (Å²) in [7, 11) is 1.72. The van der Waals surface area contributed by atoms with Crippen molar-refractivity contribution in [2.45, 2.75) is 20.1 Å². The van der Waals surface area contributed by atoms with Crippen LogP contribution in [-0.2, 0) is 20.2 Å². The van der Waals surface area contributed by atoms with Crippen LogP contribution in [0.2, 0.25) is 0 Å². The first kappa shape index (κ1) is 18.5. The van der Waals surface area contributed by atoms with E-state index in [0.29, 0.717) is 18.8 Å². The number of amides is 1. The second kappa shape index (κ2) is 8.36. The summed E-state index contributed by atoms with van der Waals surface area (Å²) in [6.07, 6.45) is 1.55. The smallest absolute Gasteiger partial charge is 0.268 e. The quantitative estimate of drug-likeness (QED) is 0.732. The molecule has 5 nitrogen and oxygen atoms in total. The maximum Gasteiger partial charge on any atom is 0.268 e. The Labute approximate surface area is 158 Å². The predicted octanol–water partition coefficient (Wildman–Crippen LogP) is 3.20. The summed E-state index contributed by atoms with van der Waals surface area (Å²) in [4.78, 5) is 24.7. The van der Waals surface area contributed by atoms with E-state index in [9.17, 15) is 9.59 Å². The van der Waals surface area contributed by atoms with Crippen molar-refractivity contribution in [3.8, 4) is 5.75 Å². The fourth-order valence-corrected chi connectivity index (χ4v) is 2.65. The molecule has 1 N–H and O–H groups in total. The van der Waals surface area contributed by atoms with Gasteiger partial charge in [-0.2, -0.15) is 0 Å². The zero-order chi connectivity index (χ0) is 19.2. The largest absolute Gasteiger partial charge is 0.483 e. The molecule has 5 heteroatoms. The molecular formula is C22H22N2O3. The number of pyridine rings is 1. The van der Waals surface area contributed by atoms with Gasteiger partial charge in [0, 0.05) is 19.7 Å². The molecular weight excluding hydrogens is 340 g/mol. The average Bonchev–Trinajstić information content (AvgIpc) is 2.68. The molecule has 27 heavy (non-hydrogen) atoms. The molecule has 0 spiro atoms. The summed E-state index contributed by atoms with van der Waals surface area (Å²) in [6, 6.07) is 18.8. The summed E-state index contributed by atoms with van der Waals surface area (Å²) in [5.41, 5.74) is 3.11. The lowest BCUT2D eigenvalue weighted by molar-refractivity contribution is 0.0941. The molecule has 138 valence electrons. The Morgan fingerprint density at radius 3 is 2.44 bits per heavy atom. The fourth-order valence-electron chi connectivity index (χ4n) is 2.65. The maximum absolute atomic E-state index is 12.4. The maximum atomic E-state index is 12.4. The first-order valence-corrected chi connectivity index (χ1v) is 8.74. The topological polar surface area (TPSA) is 60.3 Å². The van der Waals surface area contributed by atoms with Gasteiger partial charge in [0.2, 0.25) is 5.43 Å². The standard InChI is InChI=1S/C22H22N2O3/c1-16-8-10-17(11-9-16)13-23-22(26)19-12-20(25)21(14-24(19)2)27-15-18-6-4-3-5-7-18/h3-12,14H,13,15H2,1-2H3,(H,23,26). The first-order valence-electron chi connectivity index (χ1n) is 8.74. The highest BCUT2D eigenvalue weighted by Gasteiger charge is 2.12. The number of benzene rings is 2. The molecule has 0 atom stereocenters. The predicted molar refractivity (Wildman–Crippen MR) is 105 cm³/mol. The van der Waals surface area contributed by atoms with Gasteiger partial charge in [0.05, 0.1) is 6.20 Å². The molecule has 0 aliphatic rings. The third-order valence-corrected chi connectivity index (χ3v) is 4.25. The van der Waals surface area contributed by atoms with Crippen molar-refractivity contribution in [2.75, 3.05) is 0 Å². The summed E-state index contributed by atoms with van der Waals surface area (Å²) in [5.74, 6) is -0.0822. The molecule has 0 aliphatic carbocycles. The van der Waals surface area contributed by atoms with Crippen LogP contribution in [0.3, 0.4) is 0 Å². The molecule has 0 bridgehead atoms. The highest BCUT2D eigenvalue weighted by atomic mass is 16.5. The average molecular weight is 362 g/mol. The van der Waals surface area contributed by atoms with Gasteiger partial charge in [-0.15, -0.1) is 0 Å². The van der Waals surface area contributed by atoms with Crippen LogP contribution in [0.1, 0.15) is 27.2 Å². The van der Waals surface area contributed by atoms with Crippen molar-refractivity contribution in [3.05, 3.63) is 99.5 Å². The van der Waals surface area contributed by atoms with Crippen LogP contribution >= 0.6 is 0 Å². The van der Waals surface area contributed by atoms with Crippen LogP contribution in [0, 0.1) is 6.92 Å². The minimum Gasteiger partial charge on any atom is -0.483 e. The van der Waals surface area contributed by atoms with E-state index >= 15 is 0 Å². The van der Waals surface area contributed by atoms with Crippen LogP contribution in [-0.4, -0.2) is 10.5 Å². The minimum absolute atomic E-state index is 0.219. The lowest BCUT2D eigenvalue weighted by Gasteiger charge is -2.12. The molecule has 0 radical (unpaired) electrons. The molecule has 0 saturated heterocycles. The molecule has 0 unspecified atom stereocenters. The van der Waals surface area contributed by atoms with Crippen LogP contribution in [0.25, 0.3) is 0 Å². The van der Waals surface area contributed by atoms with Gasteiger partial charge >= 0.3 is 0 Å². The van der Waals surface area contributed by atoms with Crippen molar-refractivity contribution < 1.29 is 9.53 Å². The Morgan fingerprint density at radius 1 is 1.04 bits per heavy atom. The number of aryl methyl sites for hydroxylation is 2. The van der Waals surface area contributed by atoms with Crippen LogP contribution in [0.5, 0.6) is 5.75 Å². The number of aromatic nitrogens is 1. The molecule has 0 aliphatic heterocycles. The van der Waals surface area contributed by atoms with Gasteiger partial charge in [0.25, 0.3) is 5.91 Å². The number of nitrogens with zero attached hydrogens (tertiary/aromatic N) is 1. The summed E-state index contributed by atoms with van der Waals surface area (Å²) >= 11 is 0. The molecule has 1 aromatic heterocycles. The fraction of sp³-hybridized carbons (Fsp3) is 0.182. The highest BCUT2D eigenvalue weighted by Crippen LogP contribution is 2.09. The Kier molecular flexibility index (Phi) is 5.71. The summed E-state index contributed by atoms with van der Waals surface area (Å²) < 4.78 is 7.22. The highest BCUT2D eigenvalue weighted by molar-refractivity contribution is 5.92. The van der Waals surface area contributed by atoms with Gasteiger partial charge in [-0.3, -0.25) is 9.59 Å². The molecule has 1 heterocycles. The molecule has 1 amide bonds. The number of rotatable bonds is 6. The molecule has 0 fully saturated rings. The van der Waals surface area contributed by atoms with E-state index in [1.807, 2.05) is 61.5 Å². The Balaban J connectivity index is 1.67. The van der Waals surface area contributed by atoms with E-state index in [2.05, 4.69) is 5.32 Å². The van der Waals surface area contributed by atoms with Crippen molar-refractivity contribution >= 4 is 5.91 Å². The SMILES string of the molecule is Cc1ccc(CNC(=O)c2cc(=O)c(OCc3ccccc3)cn2C)cc1. The number of nitrogens with one attached hydrogen (secondary N) is 1. The van der Waals surface area contributed by atoms with E-state index < -0.39 is 0 Å². The van der Waals surface area contributed by atoms with Crippen LogP contribution < -0.4 is 15.5 Å². The third kappa shape index (κ3) is 4.85. The molecule has 0 saturated carbocycles. The molecule has 3 aromatic rings. The van der Waals surface area contributed by atoms with Crippen molar-refractivity contribution in [3.63, 3.8) is 0 Å². The Bertz CT molecular complexity index is 977. The lowest BCUT2D eigenvalue weighted by Crippen LogP contribution is -2.27. The first-order chi connectivity index (χ1) is 13.0. The van der Waals surface area contributed by atoms with Gasteiger partial charge in [-0.25, -0.2) is 0 Å². The van der Waals surface area contributed by atoms with E-state index in [0.717, 1.165) is 11.1 Å². The molecule has 2 aromatic carbocycles. The normalized spacial score (nSPS) is 10.4. The van der Waals surface area contributed by atoms with Crippen molar-refractivity contribution in [1.29, 1.82) is 0 Å². The zero-order valence-corrected chi connectivity index (χ0v) is 15.4. The Hall–Kier alpha value is -3.34. The Morgan fingerprint density at radius 2 is 1.74 bits per heavy atom. The number of carbonyl (C=O) groups is 1. The number of ether oxygens (including phenoxy) is 1. The van der Waals surface area contributed by atoms with E-state index in [1.54, 1.807) is 17.8 Å². The van der Waals surface area contributed by atoms with Gasteiger partial charge in [-0.05, 0) is 18.1 Å². The third-order valence-electron chi connectivity index (χ3n) is 4.25. The number of carbonyl (C=O) groups excluding carboxylic acids is 1. The van der Waals surface area contributed by atoms with Crippen molar-refractivity contribution in [2.24, 2.45) is 7.05 Å². The van der Waals surface area contributed by atoms with Gasteiger partial charge in [0.15, 0.2) is 5.75 Å². The minimum atomic E-state index is -0.315. The van der Waals surface area contributed by atoms with Crippen LogP contribution in [0.4, 0.5) is 0 Å². The summed E-state index contributed by atoms with van der Waals surface area (Å²) in [5, 5.41) is 2.84. The zero-order valence-electron chi connectivity index (χ0n) is 15.4. The van der Waals surface area contributed by atoms with E-state index in [-0.39, 0.29) is 17.1 Å². The van der Waals surface area contributed by atoms with Gasteiger partial charge < -0.3 is 14.6 Å². The lowest BCUT2D eigenvalue weighted by atomic mass is 10.1. The summed E-state index contributed by atoms with van der Waals surface area (Å²) in [6.45, 7) is 2.72. The van der Waals surface area contributed by atoms with Gasteiger partial charge in [0.1, 0.15) is 12.3 Å². The molecule has 3 rings (SSSR count). The number of hydrogen-bond acceptors (Lipinski definition) is 3. The van der Waals surface area contributed by atoms with Gasteiger partial charge in [-0.1, -0.05) is 60.2 Å². The van der Waals surface area contributed by atoms with E-state index in [4.69, 9.17) is 4.74 Å².